The van der Waals surface area contributed by atoms with Gasteiger partial charge in [-0.1, -0.05) is 12.1 Å². The Hall–Kier alpha value is -3.19. The van der Waals surface area contributed by atoms with Crippen LogP contribution in [-0.4, -0.2) is 20.4 Å². The van der Waals surface area contributed by atoms with Crippen LogP contribution in [0.3, 0.4) is 0 Å². The topological polar surface area (TPSA) is 79.8 Å². The van der Waals surface area contributed by atoms with Gasteiger partial charge in [-0.15, -0.1) is 0 Å². The average molecular weight is 409 g/mol. The number of H-pyrrole nitrogens is 1. The van der Waals surface area contributed by atoms with Gasteiger partial charge in [0.25, 0.3) is 11.5 Å². The minimum absolute atomic E-state index is 0.189. The molecule has 0 atom stereocenters. The second-order valence-corrected chi connectivity index (χ2v) is 6.58. The van der Waals surface area contributed by atoms with Gasteiger partial charge in [-0.25, -0.2) is 4.98 Å². The number of halogens is 1. The lowest BCUT2D eigenvalue weighted by atomic mass is 10.2. The molecule has 7 heteroatoms. The average Bonchev–Trinajstić information content (AvgIpc) is 3.09. The molecule has 4 rings (SSSR count). The predicted molar refractivity (Wildman–Crippen MR) is 104 cm³/mol. The second kappa shape index (κ2) is 6.61. The minimum atomic E-state index is -0.358. The van der Waals surface area contributed by atoms with Crippen molar-refractivity contribution in [3.63, 3.8) is 0 Å². The summed E-state index contributed by atoms with van der Waals surface area (Å²) in [4.78, 5) is 31.1. The van der Waals surface area contributed by atoms with Crippen LogP contribution in [0, 0.1) is 0 Å². The summed E-state index contributed by atoms with van der Waals surface area (Å²) in [6.45, 7) is 0. The number of carbonyl (C=O) groups excluding carboxylic acids is 1. The van der Waals surface area contributed by atoms with Crippen molar-refractivity contribution in [2.24, 2.45) is 0 Å². The van der Waals surface area contributed by atoms with Crippen LogP contribution >= 0.6 is 15.9 Å². The van der Waals surface area contributed by atoms with Crippen molar-refractivity contribution in [1.29, 1.82) is 0 Å². The van der Waals surface area contributed by atoms with Crippen LogP contribution in [0.15, 0.2) is 76.4 Å². The van der Waals surface area contributed by atoms with Gasteiger partial charge in [-0.05, 0) is 58.4 Å². The van der Waals surface area contributed by atoms with E-state index in [9.17, 15) is 9.59 Å². The smallest absolute Gasteiger partial charge is 0.271 e. The third-order valence-corrected chi connectivity index (χ3v) is 4.44. The van der Waals surface area contributed by atoms with Crippen LogP contribution in [0.25, 0.3) is 16.7 Å². The van der Waals surface area contributed by atoms with Crippen molar-refractivity contribution in [2.75, 3.05) is 5.32 Å². The maximum Gasteiger partial charge on any atom is 0.271 e. The molecule has 4 aromatic rings. The van der Waals surface area contributed by atoms with E-state index in [1.165, 1.54) is 6.20 Å². The van der Waals surface area contributed by atoms with Crippen LogP contribution in [0.2, 0.25) is 0 Å². The Morgan fingerprint density at radius 2 is 1.88 bits per heavy atom. The molecule has 26 heavy (non-hydrogen) atoms. The van der Waals surface area contributed by atoms with Crippen LogP contribution in [0.1, 0.15) is 10.4 Å². The zero-order chi connectivity index (χ0) is 18.1. The largest absolute Gasteiger partial charge is 0.326 e. The Morgan fingerprint density at radius 1 is 1.12 bits per heavy atom. The Bertz CT molecular complexity index is 1160. The fraction of sp³-hybridized carbons (Fsp3) is 0. The number of hydrogen-bond acceptors (Lipinski definition) is 3. The van der Waals surface area contributed by atoms with Crippen LogP contribution < -0.4 is 10.9 Å². The Morgan fingerprint density at radius 3 is 2.69 bits per heavy atom. The lowest BCUT2D eigenvalue weighted by molar-refractivity contribution is 0.102. The Kier molecular flexibility index (Phi) is 4.14. The monoisotopic (exact) mass is 408 g/mol. The summed E-state index contributed by atoms with van der Waals surface area (Å²) in [5.74, 6) is -0.351. The number of pyridine rings is 1. The van der Waals surface area contributed by atoms with E-state index >= 15 is 0 Å². The van der Waals surface area contributed by atoms with Crippen molar-refractivity contribution in [2.45, 2.75) is 0 Å². The molecule has 0 spiro atoms. The molecule has 0 bridgehead atoms. The number of carbonyl (C=O) groups is 1. The van der Waals surface area contributed by atoms with E-state index in [1.807, 2.05) is 41.0 Å². The van der Waals surface area contributed by atoms with Crippen LogP contribution in [0.5, 0.6) is 0 Å². The molecule has 2 N–H and O–H groups in total. The molecule has 6 nitrogen and oxygen atoms in total. The number of aromatic nitrogens is 3. The summed E-state index contributed by atoms with van der Waals surface area (Å²) in [5.41, 5.74) is 3.08. The van der Waals surface area contributed by atoms with Gasteiger partial charge in [0.1, 0.15) is 12.0 Å². The second-order valence-electron chi connectivity index (χ2n) is 5.66. The van der Waals surface area contributed by atoms with Gasteiger partial charge in [0.15, 0.2) is 0 Å². The minimum Gasteiger partial charge on any atom is -0.326 e. The molecule has 0 aliphatic carbocycles. The zero-order valence-electron chi connectivity index (χ0n) is 13.4. The van der Waals surface area contributed by atoms with Gasteiger partial charge in [-0.2, -0.15) is 0 Å². The highest BCUT2D eigenvalue weighted by atomic mass is 79.9. The van der Waals surface area contributed by atoms with Crippen molar-refractivity contribution < 1.29 is 4.79 Å². The molecule has 1 amide bonds. The number of para-hydroxylation sites is 2. The summed E-state index contributed by atoms with van der Waals surface area (Å²) < 4.78 is 2.63. The molecule has 2 aromatic heterocycles. The van der Waals surface area contributed by atoms with Gasteiger partial charge >= 0.3 is 0 Å². The van der Waals surface area contributed by atoms with Gasteiger partial charge in [0, 0.05) is 21.9 Å². The van der Waals surface area contributed by atoms with E-state index in [0.717, 1.165) is 16.7 Å². The fourth-order valence-electron chi connectivity index (χ4n) is 2.68. The van der Waals surface area contributed by atoms with Crippen molar-refractivity contribution in [1.82, 2.24) is 14.5 Å². The SMILES string of the molecule is O=C(Nc1cc(Br)c[nH]c1=O)c1ccc(-n2cnc3ccccc32)cc1. The quantitative estimate of drug-likeness (QED) is 0.541. The molecular formula is C19H13BrN4O2. The first-order chi connectivity index (χ1) is 12.6. The van der Waals surface area contributed by atoms with Crippen molar-refractivity contribution >= 4 is 38.6 Å². The molecule has 2 heterocycles. The standard InChI is InChI=1S/C19H13BrN4O2/c20-13-9-16(19(26)21-10-13)23-18(25)12-5-7-14(8-6-12)24-11-22-15-3-1-2-4-17(15)24/h1-11H,(H,21,26)(H,23,25). The highest BCUT2D eigenvalue weighted by Gasteiger charge is 2.10. The maximum atomic E-state index is 12.4. The Balaban J connectivity index is 1.60. The molecule has 0 aliphatic heterocycles. The number of nitrogens with one attached hydrogen (secondary N) is 2. The molecule has 0 radical (unpaired) electrons. The summed E-state index contributed by atoms with van der Waals surface area (Å²) in [5, 5.41) is 2.62. The molecule has 0 aliphatic rings. The van der Waals surface area contributed by atoms with Crippen LogP contribution in [0.4, 0.5) is 5.69 Å². The van der Waals surface area contributed by atoms with E-state index in [1.54, 1.807) is 24.5 Å². The molecule has 128 valence electrons. The first-order valence-corrected chi connectivity index (χ1v) is 8.63. The maximum absolute atomic E-state index is 12.4. The number of aromatic amines is 1. The zero-order valence-corrected chi connectivity index (χ0v) is 15.0. The third-order valence-electron chi connectivity index (χ3n) is 3.98. The molecular weight excluding hydrogens is 396 g/mol. The molecule has 0 saturated carbocycles. The van der Waals surface area contributed by atoms with E-state index in [-0.39, 0.29) is 17.2 Å². The number of rotatable bonds is 3. The summed E-state index contributed by atoms with van der Waals surface area (Å²) in [7, 11) is 0. The van der Waals surface area contributed by atoms with E-state index in [4.69, 9.17) is 0 Å². The summed E-state index contributed by atoms with van der Waals surface area (Å²) >= 11 is 3.26. The van der Waals surface area contributed by atoms with Gasteiger partial charge in [-0.3, -0.25) is 14.2 Å². The van der Waals surface area contributed by atoms with Crippen LogP contribution in [-0.2, 0) is 0 Å². The lowest BCUT2D eigenvalue weighted by Crippen LogP contribution is -2.19. The summed E-state index contributed by atoms with van der Waals surface area (Å²) in [6.07, 6.45) is 3.27. The number of nitrogens with zero attached hydrogens (tertiary/aromatic N) is 2. The van der Waals surface area contributed by atoms with Crippen molar-refractivity contribution in [3.05, 3.63) is 87.5 Å². The number of benzene rings is 2. The number of fused-ring (bicyclic) bond motifs is 1. The van der Waals surface area contributed by atoms with E-state index in [0.29, 0.717) is 10.0 Å². The first-order valence-electron chi connectivity index (χ1n) is 7.84. The number of hydrogen-bond donors (Lipinski definition) is 2. The molecule has 0 fully saturated rings. The first kappa shape index (κ1) is 16.3. The van der Waals surface area contributed by atoms with E-state index in [2.05, 4.69) is 31.2 Å². The molecule has 0 saturated heterocycles. The predicted octanol–water partition coefficient (Wildman–Crippen LogP) is 3.73. The molecule has 2 aromatic carbocycles. The Labute approximate surface area is 156 Å². The van der Waals surface area contributed by atoms with E-state index < -0.39 is 0 Å². The number of amides is 1. The van der Waals surface area contributed by atoms with Gasteiger partial charge < -0.3 is 10.3 Å². The third kappa shape index (κ3) is 3.04. The lowest BCUT2D eigenvalue weighted by Gasteiger charge is -2.07. The fourth-order valence-corrected chi connectivity index (χ4v) is 3.03. The number of anilines is 1. The normalized spacial score (nSPS) is 10.8. The van der Waals surface area contributed by atoms with Crippen molar-refractivity contribution in [3.8, 4) is 5.69 Å². The van der Waals surface area contributed by atoms with Gasteiger partial charge in [0.2, 0.25) is 0 Å². The van der Waals surface area contributed by atoms with Gasteiger partial charge in [0.05, 0.1) is 11.0 Å². The number of imidazole rings is 1. The molecule has 0 unspecified atom stereocenters. The highest BCUT2D eigenvalue weighted by Crippen LogP contribution is 2.18. The summed E-state index contributed by atoms with van der Waals surface area (Å²) in [6, 6.07) is 16.5. The highest BCUT2D eigenvalue weighted by molar-refractivity contribution is 9.10.